The number of halogens is 6. The maximum atomic E-state index is 15.5. The van der Waals surface area contributed by atoms with Gasteiger partial charge in [-0.25, -0.2) is 31.0 Å². The molecule has 2 fully saturated rings. The fourth-order valence-electron chi connectivity index (χ4n) is 7.86. The summed E-state index contributed by atoms with van der Waals surface area (Å²) in [6.07, 6.45) is -1.73. The highest BCUT2D eigenvalue weighted by Gasteiger charge is 2.71. The van der Waals surface area contributed by atoms with Crippen molar-refractivity contribution in [3.63, 3.8) is 0 Å². The van der Waals surface area contributed by atoms with Crippen LogP contribution in [0.15, 0.2) is 65.7 Å². The van der Waals surface area contributed by atoms with Gasteiger partial charge in [0.1, 0.15) is 29.6 Å². The first-order valence-electron chi connectivity index (χ1n) is 16.9. The Bertz CT molecular complexity index is 2320. The number of benzene rings is 2. The predicted octanol–water partition coefficient (Wildman–Crippen LogP) is 6.22. The third-order valence-corrected chi connectivity index (χ3v) is 12.2. The maximum Gasteiger partial charge on any atom is 0.293 e. The summed E-state index contributed by atoms with van der Waals surface area (Å²) in [5.74, 6) is -8.58. The lowest BCUT2D eigenvalue weighted by Crippen LogP contribution is -2.40. The van der Waals surface area contributed by atoms with E-state index in [2.05, 4.69) is 15.4 Å². The van der Waals surface area contributed by atoms with E-state index < -0.39 is 81.6 Å². The Morgan fingerprint density at radius 3 is 2.42 bits per heavy atom. The van der Waals surface area contributed by atoms with Crippen molar-refractivity contribution in [2.24, 2.45) is 11.8 Å². The fourth-order valence-corrected chi connectivity index (χ4v) is 9.27. The molecule has 1 aliphatic heterocycles. The minimum absolute atomic E-state index is 0.0393. The van der Waals surface area contributed by atoms with Crippen molar-refractivity contribution in [3.05, 3.63) is 101 Å². The standard InChI is InChI=1S/C36H32F6N6O4S/c1-18-29-30-33(35(39)40)46-48(34(30)36(41,42)31(18)29)17-28(49)44-27(14-19-12-21(37)15-22(38)13-19)32-24(16-26-25(45-32)6-7-43-26)20-2-4-23(5-3-20)53(50,51)47-8-10-52-11-9-47/h2-7,12-13,15-16,18,27,29,31,35,43H,8-11,14,17H2,1H3,(H,44,49)/t18-,27+,29-,31-/m1/s1. The summed E-state index contributed by atoms with van der Waals surface area (Å²) in [4.78, 5) is 21.6. The van der Waals surface area contributed by atoms with Crippen molar-refractivity contribution in [2.45, 2.75) is 49.1 Å². The Morgan fingerprint density at radius 2 is 1.74 bits per heavy atom. The molecule has 10 nitrogen and oxygen atoms in total. The third-order valence-electron chi connectivity index (χ3n) is 10.3. The topological polar surface area (TPSA) is 122 Å². The highest BCUT2D eigenvalue weighted by Crippen LogP contribution is 2.71. The number of aromatic nitrogens is 4. The molecule has 1 saturated carbocycles. The number of sulfonamides is 1. The van der Waals surface area contributed by atoms with Gasteiger partial charge in [-0.15, -0.1) is 0 Å². The number of aromatic amines is 1. The Morgan fingerprint density at radius 1 is 1.04 bits per heavy atom. The normalized spacial score (nSPS) is 21.5. The number of nitrogens with one attached hydrogen (secondary N) is 2. The predicted molar refractivity (Wildman–Crippen MR) is 179 cm³/mol. The molecular formula is C36H32F6N6O4S. The molecular weight excluding hydrogens is 726 g/mol. The van der Waals surface area contributed by atoms with E-state index in [4.69, 9.17) is 9.72 Å². The van der Waals surface area contributed by atoms with Gasteiger partial charge < -0.3 is 15.0 Å². The molecule has 0 spiro atoms. The average Bonchev–Trinajstić information content (AvgIpc) is 3.38. The second-order valence-electron chi connectivity index (χ2n) is 13.6. The Labute approximate surface area is 299 Å². The quantitative estimate of drug-likeness (QED) is 0.163. The maximum absolute atomic E-state index is 15.5. The van der Waals surface area contributed by atoms with Gasteiger partial charge in [-0.05, 0) is 59.9 Å². The summed E-state index contributed by atoms with van der Waals surface area (Å²) < 4.78 is 122. The second-order valence-corrected chi connectivity index (χ2v) is 15.6. The molecule has 8 rings (SSSR count). The number of hydrogen-bond acceptors (Lipinski definition) is 6. The van der Waals surface area contributed by atoms with Crippen molar-refractivity contribution < 1.29 is 44.3 Å². The van der Waals surface area contributed by atoms with Crippen LogP contribution in [0.2, 0.25) is 0 Å². The van der Waals surface area contributed by atoms with Gasteiger partial charge in [-0.1, -0.05) is 19.1 Å². The molecule has 0 radical (unpaired) electrons. The van der Waals surface area contributed by atoms with Gasteiger partial charge in [0.15, 0.2) is 0 Å². The lowest BCUT2D eigenvalue weighted by molar-refractivity contribution is -0.123. The van der Waals surface area contributed by atoms with Gasteiger partial charge in [0.2, 0.25) is 15.9 Å². The molecule has 278 valence electrons. The first-order valence-corrected chi connectivity index (χ1v) is 18.4. The number of carbonyl (C=O) groups excluding carboxylic acids is 1. The fraction of sp³-hybridized carbons (Fsp3) is 0.361. The van der Waals surface area contributed by atoms with Crippen LogP contribution < -0.4 is 5.32 Å². The number of hydrogen-bond donors (Lipinski definition) is 2. The van der Waals surface area contributed by atoms with Gasteiger partial charge in [0.25, 0.3) is 12.3 Å². The lowest BCUT2D eigenvalue weighted by atomic mass is 9.95. The molecule has 0 bridgehead atoms. The highest BCUT2D eigenvalue weighted by atomic mass is 32.2. The zero-order chi connectivity index (χ0) is 37.4. The highest BCUT2D eigenvalue weighted by molar-refractivity contribution is 7.89. The largest absolute Gasteiger partial charge is 0.379 e. The van der Waals surface area contributed by atoms with E-state index in [1.807, 2.05) is 0 Å². The summed E-state index contributed by atoms with van der Waals surface area (Å²) in [5.41, 5.74) is 0.559. The van der Waals surface area contributed by atoms with E-state index in [1.165, 1.54) is 16.4 Å². The average molecular weight is 759 g/mol. The number of carbonyl (C=O) groups is 1. The lowest BCUT2D eigenvalue weighted by Gasteiger charge is -2.26. The van der Waals surface area contributed by atoms with Gasteiger partial charge in [-0.3, -0.25) is 9.48 Å². The van der Waals surface area contributed by atoms with Crippen LogP contribution in [-0.4, -0.2) is 64.7 Å². The van der Waals surface area contributed by atoms with Crippen LogP contribution in [0.3, 0.4) is 0 Å². The van der Waals surface area contributed by atoms with Crippen LogP contribution in [-0.2, 0) is 38.4 Å². The minimum atomic E-state index is -3.83. The van der Waals surface area contributed by atoms with Gasteiger partial charge >= 0.3 is 0 Å². The molecule has 17 heteroatoms. The van der Waals surface area contributed by atoms with E-state index in [9.17, 15) is 30.8 Å². The number of morpholine rings is 1. The summed E-state index contributed by atoms with van der Waals surface area (Å²) in [5, 5.41) is 6.51. The molecule has 53 heavy (non-hydrogen) atoms. The number of alkyl halides is 4. The molecule has 2 N–H and O–H groups in total. The zero-order valence-corrected chi connectivity index (χ0v) is 28.8. The number of rotatable bonds is 10. The number of fused-ring (bicyclic) bond motifs is 4. The van der Waals surface area contributed by atoms with E-state index in [-0.39, 0.29) is 54.4 Å². The van der Waals surface area contributed by atoms with Crippen molar-refractivity contribution in [1.29, 1.82) is 0 Å². The van der Waals surface area contributed by atoms with Gasteiger partial charge in [0.05, 0.1) is 40.9 Å². The van der Waals surface area contributed by atoms with Crippen LogP contribution in [0.25, 0.3) is 22.2 Å². The SMILES string of the molecule is C[C@@H]1[C@@H]2c3c(C(F)F)nn(CC(=O)N[C@@H](Cc4cc(F)cc(F)c4)c4nc5cc[nH]c5cc4-c4ccc(S(=O)(=O)N5CCOCC5)cc4)c3C(F)(F)[C@H]12. The van der Waals surface area contributed by atoms with Crippen molar-refractivity contribution in [3.8, 4) is 11.1 Å². The molecule has 2 aliphatic carbocycles. The van der Waals surface area contributed by atoms with Crippen molar-refractivity contribution in [1.82, 2.24) is 29.4 Å². The van der Waals surface area contributed by atoms with Crippen LogP contribution in [0.1, 0.15) is 53.5 Å². The first-order chi connectivity index (χ1) is 25.2. The minimum Gasteiger partial charge on any atom is -0.379 e. The monoisotopic (exact) mass is 758 g/mol. The van der Waals surface area contributed by atoms with Crippen molar-refractivity contribution in [2.75, 3.05) is 26.3 Å². The number of pyridine rings is 1. The van der Waals surface area contributed by atoms with Gasteiger partial charge in [0, 0.05) is 48.3 Å². The van der Waals surface area contributed by atoms with E-state index >= 15 is 8.78 Å². The number of nitrogens with zero attached hydrogens (tertiary/aromatic N) is 4. The Balaban J connectivity index is 1.17. The van der Waals surface area contributed by atoms with Crippen LogP contribution >= 0.6 is 0 Å². The summed E-state index contributed by atoms with van der Waals surface area (Å²) in [6, 6.07) is 11.1. The summed E-state index contributed by atoms with van der Waals surface area (Å²) in [7, 11) is -3.83. The molecule has 3 aromatic heterocycles. The van der Waals surface area contributed by atoms with E-state index in [1.54, 1.807) is 37.4 Å². The molecule has 1 amide bonds. The van der Waals surface area contributed by atoms with E-state index in [0.717, 1.165) is 12.1 Å². The molecule has 4 atom stereocenters. The smallest absolute Gasteiger partial charge is 0.293 e. The van der Waals surface area contributed by atoms with Crippen LogP contribution in [0, 0.1) is 23.5 Å². The number of ether oxygens (including phenoxy) is 1. The summed E-state index contributed by atoms with van der Waals surface area (Å²) in [6.45, 7) is 1.66. The molecule has 2 aromatic carbocycles. The van der Waals surface area contributed by atoms with Crippen LogP contribution in [0.5, 0.6) is 0 Å². The molecule has 4 heterocycles. The first kappa shape index (κ1) is 35.3. The molecule has 3 aliphatic rings. The molecule has 1 saturated heterocycles. The second kappa shape index (κ2) is 13.0. The van der Waals surface area contributed by atoms with E-state index in [0.29, 0.717) is 32.9 Å². The third kappa shape index (κ3) is 6.17. The number of H-pyrrole nitrogens is 1. The number of amides is 1. The van der Waals surface area contributed by atoms with Gasteiger partial charge in [-0.2, -0.15) is 18.2 Å². The van der Waals surface area contributed by atoms with Crippen molar-refractivity contribution >= 4 is 27.0 Å². The molecule has 0 unspecified atom stereocenters. The van der Waals surface area contributed by atoms with Crippen LogP contribution in [0.4, 0.5) is 26.3 Å². The Kier molecular flexibility index (Phi) is 8.65. The summed E-state index contributed by atoms with van der Waals surface area (Å²) >= 11 is 0. The zero-order valence-electron chi connectivity index (χ0n) is 28.0. The molecule has 5 aromatic rings. The Hall–Kier alpha value is -4.74.